The number of hydrogen-bond donors (Lipinski definition) is 4. The number of nitrogens with zero attached hydrogens (tertiary/aromatic N) is 7. The summed E-state index contributed by atoms with van der Waals surface area (Å²) in [6.45, 7) is 10.2. The van der Waals surface area contributed by atoms with E-state index in [2.05, 4.69) is 26.0 Å². The molecule has 5 heterocycles. The molecule has 6 aromatic rings. The van der Waals surface area contributed by atoms with Crippen LogP contribution in [0, 0.1) is 13.8 Å². The average molecular weight is 855 g/mol. The molecule has 0 aliphatic carbocycles. The fourth-order valence-electron chi connectivity index (χ4n) is 7.36. The number of methoxy groups -OCH3 is 1. The number of anilines is 2. The molecule has 0 bridgehead atoms. The number of amides is 2. The van der Waals surface area contributed by atoms with E-state index in [0.29, 0.717) is 88.7 Å². The molecule has 1 aliphatic heterocycles. The van der Waals surface area contributed by atoms with E-state index in [4.69, 9.17) is 19.4 Å². The minimum absolute atomic E-state index is 0.0661. The first-order chi connectivity index (χ1) is 28.9. The zero-order valence-electron chi connectivity index (χ0n) is 34.1. The second-order valence-electron chi connectivity index (χ2n) is 14.1. The summed E-state index contributed by atoms with van der Waals surface area (Å²) in [5.41, 5.74) is 5.18. The van der Waals surface area contributed by atoms with E-state index in [0.717, 1.165) is 15.5 Å². The van der Waals surface area contributed by atoms with E-state index in [1.54, 1.807) is 28.9 Å². The van der Waals surface area contributed by atoms with Crippen molar-refractivity contribution in [2.45, 2.75) is 71.1 Å². The van der Waals surface area contributed by atoms with Crippen molar-refractivity contribution in [1.29, 1.82) is 0 Å². The SMILES string of the molecule is CCc1nc(C)sc1C(=O)Nc1nc2cc(C(=O)O)cc(CC3COCCN3)c2n1C/C=C/Cn1c(NC(=O)c2cc(C)nn2CC)nc2cc(C(=O)OC)cc(SC)c21. The number of thiazole rings is 1. The van der Waals surface area contributed by atoms with Crippen LogP contribution in [0.5, 0.6) is 0 Å². The van der Waals surface area contributed by atoms with Crippen LogP contribution in [-0.2, 0) is 41.9 Å². The summed E-state index contributed by atoms with van der Waals surface area (Å²) in [7, 11) is 1.32. The number of morpholine rings is 1. The van der Waals surface area contributed by atoms with Gasteiger partial charge in [0.2, 0.25) is 11.9 Å². The average Bonchev–Trinajstić information content (AvgIpc) is 4.01. The molecule has 0 radical (unpaired) electrons. The number of aryl methyl sites for hydroxylation is 4. The van der Waals surface area contributed by atoms with E-state index in [-0.39, 0.29) is 42.5 Å². The van der Waals surface area contributed by atoms with Crippen LogP contribution in [0.25, 0.3) is 22.1 Å². The zero-order chi connectivity index (χ0) is 42.7. The first-order valence-electron chi connectivity index (χ1n) is 19.4. The molecule has 0 saturated carbocycles. The van der Waals surface area contributed by atoms with Gasteiger partial charge < -0.3 is 29.0 Å². The number of nitrogens with one attached hydrogen (secondary N) is 3. The number of carbonyl (C=O) groups excluding carboxylic acids is 3. The molecule has 1 atom stereocenters. The summed E-state index contributed by atoms with van der Waals surface area (Å²) in [6, 6.07) is 8.19. The van der Waals surface area contributed by atoms with E-state index >= 15 is 0 Å². The Balaban J connectivity index is 1.29. The van der Waals surface area contributed by atoms with Crippen molar-refractivity contribution < 1.29 is 33.8 Å². The molecular weight excluding hydrogens is 809 g/mol. The normalized spacial score (nSPS) is 14.3. The number of carboxylic acids is 1. The Bertz CT molecular complexity index is 2650. The largest absolute Gasteiger partial charge is 0.478 e. The number of benzene rings is 2. The molecule has 4 aromatic heterocycles. The summed E-state index contributed by atoms with van der Waals surface area (Å²) >= 11 is 2.73. The molecule has 1 fully saturated rings. The Labute approximate surface area is 353 Å². The number of rotatable bonds is 15. The summed E-state index contributed by atoms with van der Waals surface area (Å²) < 4.78 is 16.1. The highest BCUT2D eigenvalue weighted by atomic mass is 32.2. The maximum atomic E-state index is 13.8. The van der Waals surface area contributed by atoms with Gasteiger partial charge in [0, 0.05) is 37.1 Å². The Kier molecular flexibility index (Phi) is 12.8. The van der Waals surface area contributed by atoms with Crippen molar-refractivity contribution >= 4 is 80.8 Å². The van der Waals surface area contributed by atoms with Crippen LogP contribution in [0.15, 0.2) is 47.4 Å². The maximum Gasteiger partial charge on any atom is 0.337 e. The van der Waals surface area contributed by atoms with Gasteiger partial charge in [-0.1, -0.05) is 19.1 Å². The number of thioether (sulfide) groups is 1. The lowest BCUT2D eigenvalue weighted by molar-refractivity contribution is 0.0599. The Morgan fingerprint density at radius 2 is 1.65 bits per heavy atom. The lowest BCUT2D eigenvalue weighted by atomic mass is 10.0. The first-order valence-corrected chi connectivity index (χ1v) is 21.5. The fourth-order valence-corrected chi connectivity index (χ4v) is 8.91. The van der Waals surface area contributed by atoms with Gasteiger partial charge in [-0.2, -0.15) is 5.10 Å². The maximum absolute atomic E-state index is 13.8. The van der Waals surface area contributed by atoms with Crippen molar-refractivity contribution in [3.05, 3.63) is 86.1 Å². The number of aromatic carboxylic acids is 1. The predicted molar refractivity (Wildman–Crippen MR) is 230 cm³/mol. The fraction of sp³-hybridized carbons (Fsp3) is 0.366. The summed E-state index contributed by atoms with van der Waals surface area (Å²) in [5.74, 6) is -1.85. The molecule has 17 nitrogen and oxygen atoms in total. The summed E-state index contributed by atoms with van der Waals surface area (Å²) in [4.78, 5) is 67.9. The van der Waals surface area contributed by atoms with Crippen LogP contribution >= 0.6 is 23.1 Å². The topological polar surface area (TPSA) is 209 Å². The molecule has 60 heavy (non-hydrogen) atoms. The van der Waals surface area contributed by atoms with Crippen LogP contribution in [0.4, 0.5) is 11.9 Å². The molecule has 1 saturated heterocycles. The van der Waals surface area contributed by atoms with Crippen LogP contribution < -0.4 is 16.0 Å². The molecule has 7 rings (SSSR count). The van der Waals surface area contributed by atoms with Gasteiger partial charge in [-0.15, -0.1) is 23.1 Å². The number of carboxylic acid groups (broad SMARTS) is 1. The third-order valence-corrected chi connectivity index (χ3v) is 11.8. The number of carbonyl (C=O) groups is 4. The zero-order valence-corrected chi connectivity index (χ0v) is 35.8. The first kappa shape index (κ1) is 42.2. The van der Waals surface area contributed by atoms with Gasteiger partial charge in [-0.3, -0.25) is 24.9 Å². The summed E-state index contributed by atoms with van der Waals surface area (Å²) in [5, 5.41) is 24.7. The van der Waals surface area contributed by atoms with Crippen LogP contribution in [0.2, 0.25) is 0 Å². The van der Waals surface area contributed by atoms with Crippen molar-refractivity contribution in [1.82, 2.24) is 39.2 Å². The molecule has 4 N–H and O–H groups in total. The Hall–Kier alpha value is -5.89. The van der Waals surface area contributed by atoms with Crippen LogP contribution in [-0.4, -0.2) is 102 Å². The number of fused-ring (bicyclic) bond motifs is 2. The lowest BCUT2D eigenvalue weighted by Gasteiger charge is -2.24. The third-order valence-electron chi connectivity index (χ3n) is 10.1. The minimum atomic E-state index is -1.09. The minimum Gasteiger partial charge on any atom is -0.478 e. The smallest absolute Gasteiger partial charge is 0.337 e. The Morgan fingerprint density at radius 3 is 2.28 bits per heavy atom. The van der Waals surface area contributed by atoms with Gasteiger partial charge in [-0.05, 0) is 75.8 Å². The second kappa shape index (κ2) is 18.2. The van der Waals surface area contributed by atoms with Gasteiger partial charge in [0.05, 0.1) is 69.9 Å². The second-order valence-corrected chi connectivity index (χ2v) is 16.1. The van der Waals surface area contributed by atoms with Crippen molar-refractivity contribution in [3.63, 3.8) is 0 Å². The molecule has 314 valence electrons. The Morgan fingerprint density at radius 1 is 0.967 bits per heavy atom. The van der Waals surface area contributed by atoms with Gasteiger partial charge in [0.1, 0.15) is 10.6 Å². The molecule has 1 unspecified atom stereocenters. The van der Waals surface area contributed by atoms with E-state index in [9.17, 15) is 24.3 Å². The van der Waals surface area contributed by atoms with Gasteiger partial charge >= 0.3 is 11.9 Å². The number of hydrogen-bond acceptors (Lipinski definition) is 13. The molecule has 0 spiro atoms. The van der Waals surface area contributed by atoms with Gasteiger partial charge in [0.15, 0.2) is 0 Å². The number of ether oxygens (including phenoxy) is 2. The number of allylic oxidation sites excluding steroid dienone is 2. The van der Waals surface area contributed by atoms with Crippen LogP contribution in [0.1, 0.15) is 76.7 Å². The third kappa shape index (κ3) is 8.70. The molecule has 1 aliphatic rings. The summed E-state index contributed by atoms with van der Waals surface area (Å²) in [6.07, 6.45) is 6.75. The lowest BCUT2D eigenvalue weighted by Crippen LogP contribution is -2.42. The number of imidazole rings is 2. The standard InChI is InChI=1S/C41H46N10O7S2/c1-7-28-35(60-23(4)43-28)37(53)47-41-44-29-18-25(38(54)55)16-24(17-27-21-58-14-11-42-27)33(29)49(41)12-9-10-13-50-34-30(19-26(39(56)57-5)20-32(34)59-6)45-40(50)46-36(52)31-15-22(3)48-51(31)8-2/h9-10,15-16,18-20,27,42H,7-8,11-14,17,21H2,1-6H3,(H,54,55)(H,44,47,53)(H,45,46,52)/b10-9+. The van der Waals surface area contributed by atoms with Crippen molar-refractivity contribution in [2.75, 3.05) is 43.8 Å². The van der Waals surface area contributed by atoms with Crippen molar-refractivity contribution in [3.8, 4) is 0 Å². The van der Waals surface area contributed by atoms with Gasteiger partial charge in [0.25, 0.3) is 11.8 Å². The molecule has 2 amide bonds. The highest BCUT2D eigenvalue weighted by molar-refractivity contribution is 7.98. The van der Waals surface area contributed by atoms with E-state index in [1.807, 2.05) is 55.2 Å². The van der Waals surface area contributed by atoms with Gasteiger partial charge in [-0.25, -0.2) is 24.5 Å². The predicted octanol–water partition coefficient (Wildman–Crippen LogP) is 5.74. The number of esters is 1. The van der Waals surface area contributed by atoms with E-state index < -0.39 is 17.8 Å². The number of aromatic nitrogens is 7. The quantitative estimate of drug-likeness (QED) is 0.0553. The van der Waals surface area contributed by atoms with Crippen LogP contribution in [0.3, 0.4) is 0 Å². The highest BCUT2D eigenvalue weighted by Gasteiger charge is 2.25. The monoisotopic (exact) mass is 854 g/mol. The van der Waals surface area contributed by atoms with Crippen molar-refractivity contribution in [2.24, 2.45) is 0 Å². The molecular formula is C41H46N10O7S2. The van der Waals surface area contributed by atoms with E-state index in [1.165, 1.54) is 36.3 Å². The highest BCUT2D eigenvalue weighted by Crippen LogP contribution is 2.32. The molecule has 2 aromatic carbocycles. The molecule has 19 heteroatoms.